The number of anilines is 1. The fourth-order valence-corrected chi connectivity index (χ4v) is 4.16. The van der Waals surface area contributed by atoms with Crippen LogP contribution in [-0.2, 0) is 9.59 Å². The first-order chi connectivity index (χ1) is 14.1. The van der Waals surface area contributed by atoms with E-state index in [4.69, 9.17) is 9.47 Å². The van der Waals surface area contributed by atoms with Crippen molar-refractivity contribution in [3.63, 3.8) is 0 Å². The molecule has 29 heavy (non-hydrogen) atoms. The lowest BCUT2D eigenvalue weighted by Gasteiger charge is -2.23. The summed E-state index contributed by atoms with van der Waals surface area (Å²) in [4.78, 5) is 26.9. The van der Waals surface area contributed by atoms with Gasteiger partial charge in [0.15, 0.2) is 11.5 Å². The highest BCUT2D eigenvalue weighted by atomic mass is 16.5. The van der Waals surface area contributed by atoms with Gasteiger partial charge in [0, 0.05) is 24.7 Å². The van der Waals surface area contributed by atoms with E-state index in [1.807, 2.05) is 29.2 Å². The van der Waals surface area contributed by atoms with E-state index >= 15 is 0 Å². The molecule has 0 bridgehead atoms. The summed E-state index contributed by atoms with van der Waals surface area (Å²) in [6.45, 7) is 0.532. The van der Waals surface area contributed by atoms with Crippen LogP contribution >= 0.6 is 0 Å². The lowest BCUT2D eigenvalue weighted by Crippen LogP contribution is -2.35. The summed E-state index contributed by atoms with van der Waals surface area (Å²) in [7, 11) is 1.60. The van der Waals surface area contributed by atoms with E-state index in [2.05, 4.69) is 5.32 Å². The first kappa shape index (κ1) is 19.3. The van der Waals surface area contributed by atoms with Crippen molar-refractivity contribution in [1.82, 2.24) is 4.90 Å². The van der Waals surface area contributed by atoms with Crippen molar-refractivity contribution in [3.8, 4) is 17.2 Å². The Morgan fingerprint density at radius 2 is 1.72 bits per heavy atom. The van der Waals surface area contributed by atoms with Gasteiger partial charge in [-0.3, -0.25) is 9.59 Å². The Balaban J connectivity index is 1.35. The molecule has 4 rings (SSSR count). The van der Waals surface area contributed by atoms with Gasteiger partial charge in [0.1, 0.15) is 5.75 Å². The number of hydrogen-bond acceptors (Lipinski definition) is 4. The van der Waals surface area contributed by atoms with Gasteiger partial charge in [0.05, 0.1) is 13.0 Å². The zero-order valence-corrected chi connectivity index (χ0v) is 16.6. The Labute approximate surface area is 170 Å². The monoisotopic (exact) mass is 394 g/mol. The maximum absolute atomic E-state index is 12.6. The minimum Gasteiger partial charge on any atom is -0.493 e. The standard InChI is InChI=1S/C23H26N2O4/c1-28-20-8-4-5-9-21(20)29-19-12-10-17(11-13-19)24-23(27)16-14-22(26)25(15-16)18-6-2-3-7-18/h4-5,8-13,16,18H,2-3,6-7,14-15H2,1H3,(H,24,27)/t16-/m0/s1. The van der Waals surface area contributed by atoms with Crippen LogP contribution in [0.15, 0.2) is 48.5 Å². The molecule has 1 saturated carbocycles. The number of rotatable bonds is 6. The predicted octanol–water partition coefficient (Wildman–Crippen LogP) is 4.22. The summed E-state index contributed by atoms with van der Waals surface area (Å²) >= 11 is 0. The molecule has 6 heteroatoms. The van der Waals surface area contributed by atoms with Crippen LogP contribution in [0.25, 0.3) is 0 Å². The maximum atomic E-state index is 12.6. The average Bonchev–Trinajstić information content (AvgIpc) is 3.39. The largest absolute Gasteiger partial charge is 0.493 e. The molecule has 0 aromatic heterocycles. The summed E-state index contributed by atoms with van der Waals surface area (Å²) in [5.41, 5.74) is 0.689. The molecular weight excluding hydrogens is 368 g/mol. The fraction of sp³-hybridized carbons (Fsp3) is 0.391. The van der Waals surface area contributed by atoms with E-state index in [9.17, 15) is 9.59 Å². The number of carbonyl (C=O) groups is 2. The number of hydrogen-bond donors (Lipinski definition) is 1. The molecule has 1 N–H and O–H groups in total. The van der Waals surface area contributed by atoms with E-state index < -0.39 is 0 Å². The summed E-state index contributed by atoms with van der Waals surface area (Å²) < 4.78 is 11.1. The Morgan fingerprint density at radius 1 is 1.03 bits per heavy atom. The highest BCUT2D eigenvalue weighted by Gasteiger charge is 2.38. The van der Waals surface area contributed by atoms with Crippen LogP contribution in [0.2, 0.25) is 0 Å². The second-order valence-corrected chi connectivity index (χ2v) is 7.65. The van der Waals surface area contributed by atoms with Crippen molar-refractivity contribution in [1.29, 1.82) is 0 Å². The topological polar surface area (TPSA) is 67.9 Å². The quantitative estimate of drug-likeness (QED) is 0.797. The number of methoxy groups -OCH3 is 1. The van der Waals surface area contributed by atoms with E-state index in [0.717, 1.165) is 12.8 Å². The maximum Gasteiger partial charge on any atom is 0.229 e. The van der Waals surface area contributed by atoms with Crippen molar-refractivity contribution >= 4 is 17.5 Å². The molecule has 0 unspecified atom stereocenters. The third-order valence-electron chi connectivity index (χ3n) is 5.71. The smallest absolute Gasteiger partial charge is 0.229 e. The molecule has 0 radical (unpaired) electrons. The van der Waals surface area contributed by atoms with Crippen LogP contribution in [0.3, 0.4) is 0 Å². The number of para-hydroxylation sites is 2. The van der Waals surface area contributed by atoms with E-state index in [1.165, 1.54) is 12.8 Å². The number of likely N-dealkylation sites (tertiary alicyclic amines) is 1. The van der Waals surface area contributed by atoms with Crippen LogP contribution in [0.4, 0.5) is 5.69 Å². The second kappa shape index (κ2) is 8.55. The molecule has 2 aliphatic rings. The Hall–Kier alpha value is -3.02. The average molecular weight is 394 g/mol. The van der Waals surface area contributed by atoms with Gasteiger partial charge in [-0.1, -0.05) is 25.0 Å². The van der Waals surface area contributed by atoms with Gasteiger partial charge in [-0.25, -0.2) is 0 Å². The highest BCUT2D eigenvalue weighted by Crippen LogP contribution is 2.32. The first-order valence-electron chi connectivity index (χ1n) is 10.2. The van der Waals surface area contributed by atoms with Gasteiger partial charge in [0.25, 0.3) is 0 Å². The molecule has 2 fully saturated rings. The molecule has 1 atom stereocenters. The van der Waals surface area contributed by atoms with Crippen molar-refractivity contribution in [2.75, 3.05) is 19.0 Å². The number of nitrogens with zero attached hydrogens (tertiary/aromatic N) is 1. The van der Waals surface area contributed by atoms with Crippen molar-refractivity contribution in [2.24, 2.45) is 5.92 Å². The van der Waals surface area contributed by atoms with E-state index in [1.54, 1.807) is 31.4 Å². The van der Waals surface area contributed by atoms with Gasteiger partial charge in [-0.15, -0.1) is 0 Å². The zero-order chi connectivity index (χ0) is 20.2. The van der Waals surface area contributed by atoms with Crippen LogP contribution < -0.4 is 14.8 Å². The molecule has 2 amide bonds. The number of benzene rings is 2. The Morgan fingerprint density at radius 3 is 2.41 bits per heavy atom. The second-order valence-electron chi connectivity index (χ2n) is 7.65. The molecule has 2 aromatic carbocycles. The first-order valence-corrected chi connectivity index (χ1v) is 10.2. The van der Waals surface area contributed by atoms with Crippen molar-refractivity contribution in [3.05, 3.63) is 48.5 Å². The lowest BCUT2D eigenvalue weighted by atomic mass is 10.1. The summed E-state index contributed by atoms with van der Waals surface area (Å²) in [5, 5.41) is 2.93. The lowest BCUT2D eigenvalue weighted by molar-refractivity contribution is -0.129. The van der Waals surface area contributed by atoms with Crippen LogP contribution in [0, 0.1) is 5.92 Å². The van der Waals surface area contributed by atoms with E-state index in [0.29, 0.717) is 41.9 Å². The third kappa shape index (κ3) is 4.36. The SMILES string of the molecule is COc1ccccc1Oc1ccc(NC(=O)[C@H]2CC(=O)N(C3CCCC3)C2)cc1. The molecule has 152 valence electrons. The predicted molar refractivity (Wildman–Crippen MR) is 110 cm³/mol. The van der Waals surface area contributed by atoms with Gasteiger partial charge in [-0.05, 0) is 49.2 Å². The zero-order valence-electron chi connectivity index (χ0n) is 16.6. The molecule has 0 spiro atoms. The van der Waals surface area contributed by atoms with Gasteiger partial charge >= 0.3 is 0 Å². The number of nitrogens with one attached hydrogen (secondary N) is 1. The molecule has 6 nitrogen and oxygen atoms in total. The third-order valence-corrected chi connectivity index (χ3v) is 5.71. The summed E-state index contributed by atoms with van der Waals surface area (Å²) in [6.07, 6.45) is 4.78. The van der Waals surface area contributed by atoms with Crippen molar-refractivity contribution < 1.29 is 19.1 Å². The van der Waals surface area contributed by atoms with Gasteiger partial charge in [0.2, 0.25) is 11.8 Å². The molecule has 2 aromatic rings. The number of carbonyl (C=O) groups excluding carboxylic acids is 2. The molecule has 1 heterocycles. The molecular formula is C23H26N2O4. The summed E-state index contributed by atoms with van der Waals surface area (Å²) in [6, 6.07) is 15.0. The highest BCUT2D eigenvalue weighted by molar-refractivity contribution is 5.97. The van der Waals surface area contributed by atoms with Crippen LogP contribution in [-0.4, -0.2) is 36.4 Å². The van der Waals surface area contributed by atoms with Crippen LogP contribution in [0.5, 0.6) is 17.2 Å². The van der Waals surface area contributed by atoms with Crippen LogP contribution in [0.1, 0.15) is 32.1 Å². The normalized spacial score (nSPS) is 19.4. The Bertz CT molecular complexity index is 875. The molecule has 1 aliphatic heterocycles. The molecule has 1 saturated heterocycles. The minimum atomic E-state index is -0.285. The van der Waals surface area contributed by atoms with Gasteiger partial charge in [-0.2, -0.15) is 0 Å². The minimum absolute atomic E-state index is 0.0998. The summed E-state index contributed by atoms with van der Waals surface area (Å²) in [5.74, 6) is 1.66. The van der Waals surface area contributed by atoms with E-state index in [-0.39, 0.29) is 17.7 Å². The number of amides is 2. The van der Waals surface area contributed by atoms with Crippen molar-refractivity contribution in [2.45, 2.75) is 38.1 Å². The Kier molecular flexibility index (Phi) is 5.69. The molecule has 1 aliphatic carbocycles. The van der Waals surface area contributed by atoms with Gasteiger partial charge < -0.3 is 19.7 Å². The number of ether oxygens (including phenoxy) is 2. The fourth-order valence-electron chi connectivity index (χ4n) is 4.16.